The minimum absolute atomic E-state index is 0.0882. The van der Waals surface area contributed by atoms with Crippen molar-refractivity contribution < 1.29 is 19.4 Å². The van der Waals surface area contributed by atoms with Crippen molar-refractivity contribution >= 4 is 50.9 Å². The average Bonchev–Trinajstić information content (AvgIpc) is 2.85. The number of rotatable bonds is 5. The van der Waals surface area contributed by atoms with Crippen molar-refractivity contribution in [2.45, 2.75) is 0 Å². The molecule has 172 valence electrons. The number of hydrogen-bond donors (Lipinski definition) is 4. The molecule has 35 heavy (non-hydrogen) atoms. The Morgan fingerprint density at radius 1 is 0.886 bits per heavy atom. The first-order valence-electron chi connectivity index (χ1n) is 10.6. The van der Waals surface area contributed by atoms with Gasteiger partial charge in [-0.2, -0.15) is 0 Å². The molecule has 9 heteroatoms. The van der Waals surface area contributed by atoms with Crippen LogP contribution in [0.25, 0.3) is 21.8 Å². The van der Waals surface area contributed by atoms with Gasteiger partial charge in [0.2, 0.25) is 0 Å². The molecule has 9 nitrogen and oxygen atoms in total. The number of aromatic nitrogens is 2. The number of aromatic amines is 1. The molecule has 0 aliphatic rings. The molecule has 2 heterocycles. The lowest BCUT2D eigenvalue weighted by molar-refractivity contribution is 0.102. The number of amides is 1. The molecule has 0 radical (unpaired) electrons. The lowest BCUT2D eigenvalue weighted by Gasteiger charge is -2.13. The fourth-order valence-electron chi connectivity index (χ4n) is 3.79. The maximum absolute atomic E-state index is 12.5. The van der Waals surface area contributed by atoms with Gasteiger partial charge in [-0.1, -0.05) is 18.2 Å². The number of anilines is 3. The molecule has 0 aliphatic carbocycles. The Kier molecular flexibility index (Phi) is 5.56. The second-order valence-electron chi connectivity index (χ2n) is 7.63. The number of H-pyrrole nitrogens is 1. The number of carbonyl (C=O) groups excluding carboxylic acids is 1. The number of pyridine rings is 2. The van der Waals surface area contributed by atoms with E-state index < -0.39 is 6.16 Å². The minimum Gasteiger partial charge on any atom is -0.449 e. The van der Waals surface area contributed by atoms with Crippen molar-refractivity contribution in [1.82, 2.24) is 9.97 Å². The van der Waals surface area contributed by atoms with Crippen LogP contribution < -0.4 is 20.9 Å². The van der Waals surface area contributed by atoms with Crippen LogP contribution in [-0.2, 0) is 0 Å². The van der Waals surface area contributed by atoms with Crippen LogP contribution in [0.5, 0.6) is 5.75 Å². The van der Waals surface area contributed by atoms with Gasteiger partial charge in [0, 0.05) is 39.3 Å². The number of hydrogen-bond acceptors (Lipinski definition) is 6. The summed E-state index contributed by atoms with van der Waals surface area (Å²) >= 11 is 0. The maximum atomic E-state index is 12.5. The first-order valence-corrected chi connectivity index (χ1v) is 10.6. The third-order valence-electron chi connectivity index (χ3n) is 5.35. The zero-order chi connectivity index (χ0) is 24.4. The first-order chi connectivity index (χ1) is 17.0. The summed E-state index contributed by atoms with van der Waals surface area (Å²) in [6, 6.07) is 22.2. The fraction of sp³-hybridized carbons (Fsp3) is 0. The molecule has 0 aliphatic heterocycles. The summed E-state index contributed by atoms with van der Waals surface area (Å²) in [5.41, 5.74) is 2.56. The molecule has 1 amide bonds. The van der Waals surface area contributed by atoms with Gasteiger partial charge in [0.15, 0.2) is 0 Å². The van der Waals surface area contributed by atoms with Gasteiger partial charge in [0.1, 0.15) is 11.4 Å². The Morgan fingerprint density at radius 2 is 1.63 bits per heavy atom. The Labute approximate surface area is 198 Å². The van der Waals surface area contributed by atoms with Gasteiger partial charge in [-0.3, -0.25) is 9.59 Å². The predicted molar refractivity (Wildman–Crippen MR) is 133 cm³/mol. The second kappa shape index (κ2) is 8.99. The Bertz CT molecular complexity index is 1630. The van der Waals surface area contributed by atoms with Crippen LogP contribution in [0.3, 0.4) is 0 Å². The predicted octanol–water partition coefficient (Wildman–Crippen LogP) is 5.13. The molecule has 5 rings (SSSR count). The lowest BCUT2D eigenvalue weighted by Crippen LogP contribution is -2.11. The molecule has 0 saturated carbocycles. The third-order valence-corrected chi connectivity index (χ3v) is 5.35. The molecule has 3 aromatic carbocycles. The summed E-state index contributed by atoms with van der Waals surface area (Å²) in [6.45, 7) is 0. The summed E-state index contributed by atoms with van der Waals surface area (Å²) in [5.74, 6) is -0.119. The lowest BCUT2D eigenvalue weighted by atomic mass is 10.1. The largest absolute Gasteiger partial charge is 0.511 e. The first kappa shape index (κ1) is 21.7. The highest BCUT2D eigenvalue weighted by Crippen LogP contribution is 2.32. The zero-order valence-corrected chi connectivity index (χ0v) is 18.1. The number of benzene rings is 3. The smallest absolute Gasteiger partial charge is 0.449 e. The van der Waals surface area contributed by atoms with Gasteiger partial charge < -0.3 is 25.5 Å². The van der Waals surface area contributed by atoms with Crippen LogP contribution in [-0.4, -0.2) is 27.1 Å². The molecule has 5 aromatic rings. The molecule has 0 atom stereocenters. The summed E-state index contributed by atoms with van der Waals surface area (Å²) in [4.78, 5) is 42.9. The van der Waals surface area contributed by atoms with E-state index in [1.165, 1.54) is 18.2 Å². The van der Waals surface area contributed by atoms with Gasteiger partial charge in [-0.15, -0.1) is 0 Å². The monoisotopic (exact) mass is 466 g/mol. The molecule has 0 bridgehead atoms. The van der Waals surface area contributed by atoms with Crippen LogP contribution in [0, 0.1) is 0 Å². The van der Waals surface area contributed by atoms with E-state index in [9.17, 15) is 14.4 Å². The van der Waals surface area contributed by atoms with Gasteiger partial charge >= 0.3 is 6.16 Å². The van der Waals surface area contributed by atoms with Gasteiger partial charge in [-0.05, 0) is 60.7 Å². The van der Waals surface area contributed by atoms with E-state index in [1.54, 1.807) is 60.8 Å². The highest BCUT2D eigenvalue weighted by atomic mass is 16.7. The topological polar surface area (TPSA) is 133 Å². The number of fused-ring (bicyclic) bond motifs is 3. The molecule has 0 spiro atoms. The standard InChI is InChI=1S/C26H18N4O5/c31-24(15-4-2-1-3-5-15)29-17-8-6-16(7-9-17)28-21-12-13-27-23-22(21)20-14-18(35-26(33)34)10-11-19(20)25(32)30-23/h1-14H,(H,29,31)(H,33,34)(H2,27,28,30,32). The van der Waals surface area contributed by atoms with Crippen molar-refractivity contribution in [3.8, 4) is 5.75 Å². The molecule has 0 saturated heterocycles. The van der Waals surface area contributed by atoms with E-state index in [2.05, 4.69) is 20.6 Å². The number of nitrogens with zero attached hydrogens (tertiary/aromatic N) is 1. The SMILES string of the molecule is O=C(O)Oc1ccc2c(=O)[nH]c3nccc(Nc4ccc(NC(=O)c5ccccc5)cc4)c3c2c1. The fourth-order valence-corrected chi connectivity index (χ4v) is 3.79. The van der Waals surface area contributed by atoms with Crippen molar-refractivity contribution in [2.75, 3.05) is 10.6 Å². The van der Waals surface area contributed by atoms with Crippen molar-refractivity contribution in [2.24, 2.45) is 0 Å². The molecular weight excluding hydrogens is 448 g/mol. The Hall–Kier alpha value is -5.18. The van der Waals surface area contributed by atoms with Gasteiger partial charge in [0.05, 0.1) is 5.69 Å². The van der Waals surface area contributed by atoms with E-state index in [1.807, 2.05) is 6.07 Å². The van der Waals surface area contributed by atoms with Gasteiger partial charge in [0.25, 0.3) is 11.5 Å². The normalized spacial score (nSPS) is 10.7. The van der Waals surface area contributed by atoms with Gasteiger partial charge in [-0.25, -0.2) is 9.78 Å². The van der Waals surface area contributed by atoms with Crippen LogP contribution >= 0.6 is 0 Å². The van der Waals surface area contributed by atoms with Crippen LogP contribution in [0.2, 0.25) is 0 Å². The summed E-state index contributed by atoms with van der Waals surface area (Å²) in [5, 5.41) is 16.6. The molecular formula is C26H18N4O5. The Morgan fingerprint density at radius 3 is 2.37 bits per heavy atom. The Balaban J connectivity index is 1.48. The van der Waals surface area contributed by atoms with E-state index in [4.69, 9.17) is 9.84 Å². The third kappa shape index (κ3) is 4.51. The van der Waals surface area contributed by atoms with Crippen LogP contribution in [0.1, 0.15) is 10.4 Å². The zero-order valence-electron chi connectivity index (χ0n) is 18.1. The van der Waals surface area contributed by atoms with Crippen molar-refractivity contribution in [1.29, 1.82) is 0 Å². The highest BCUT2D eigenvalue weighted by molar-refractivity contribution is 6.11. The molecule has 0 fully saturated rings. The van der Waals surface area contributed by atoms with E-state index in [0.29, 0.717) is 38.7 Å². The highest BCUT2D eigenvalue weighted by Gasteiger charge is 2.13. The molecule has 2 aromatic heterocycles. The summed E-state index contributed by atoms with van der Waals surface area (Å²) in [7, 11) is 0. The van der Waals surface area contributed by atoms with E-state index in [0.717, 1.165) is 5.69 Å². The number of nitrogens with one attached hydrogen (secondary N) is 3. The van der Waals surface area contributed by atoms with Crippen molar-refractivity contribution in [3.63, 3.8) is 0 Å². The molecule has 4 N–H and O–H groups in total. The number of ether oxygens (including phenoxy) is 1. The van der Waals surface area contributed by atoms with Crippen LogP contribution in [0.4, 0.5) is 21.9 Å². The summed E-state index contributed by atoms with van der Waals surface area (Å²) < 4.78 is 4.78. The summed E-state index contributed by atoms with van der Waals surface area (Å²) in [6.07, 6.45) is 0.104. The van der Waals surface area contributed by atoms with E-state index >= 15 is 0 Å². The minimum atomic E-state index is -1.45. The second-order valence-corrected chi connectivity index (χ2v) is 7.63. The quantitative estimate of drug-likeness (QED) is 0.160. The average molecular weight is 466 g/mol. The van der Waals surface area contributed by atoms with Crippen LogP contribution in [0.15, 0.2) is 89.9 Å². The number of carbonyl (C=O) groups is 2. The number of carboxylic acid groups (broad SMARTS) is 1. The maximum Gasteiger partial charge on any atom is 0.511 e. The molecule has 0 unspecified atom stereocenters. The van der Waals surface area contributed by atoms with E-state index in [-0.39, 0.29) is 17.2 Å². The van der Waals surface area contributed by atoms with Crippen molar-refractivity contribution in [3.05, 3.63) is 101 Å².